The lowest BCUT2D eigenvalue weighted by Crippen LogP contribution is -2.28. The van der Waals surface area contributed by atoms with Gasteiger partial charge >= 0.3 is 0 Å². The second-order valence-electron chi connectivity index (χ2n) is 3.21. The molecular weight excluding hydrogens is 319 g/mol. The van der Waals surface area contributed by atoms with Gasteiger partial charge in [0.05, 0.1) is 6.04 Å². The Hall–Kier alpha value is -0.430. The molecule has 1 unspecified atom stereocenters. The monoisotopic (exact) mass is 330 g/mol. The van der Waals surface area contributed by atoms with Crippen LogP contribution < -0.4 is 11.3 Å². The van der Waals surface area contributed by atoms with E-state index in [1.807, 2.05) is 0 Å². The predicted octanol–water partition coefficient (Wildman–Crippen LogP) is 2.91. The lowest BCUT2D eigenvalue weighted by molar-refractivity contribution is 0.639. The van der Waals surface area contributed by atoms with Crippen LogP contribution in [-0.2, 0) is 0 Å². The number of hydrogen-bond donors (Lipinski definition) is 2. The molecule has 0 fully saturated rings. The Balaban J connectivity index is 2.31. The van der Waals surface area contributed by atoms with Gasteiger partial charge < -0.3 is 0 Å². The Morgan fingerprint density at radius 3 is 2.40 bits per heavy atom. The van der Waals surface area contributed by atoms with Gasteiger partial charge in [-0.1, -0.05) is 12.1 Å². The number of nitrogens with one attached hydrogen (secondary N) is 1. The quantitative estimate of drug-likeness (QED) is 0.516. The normalized spacial score (nSPS) is 12.7. The summed E-state index contributed by atoms with van der Waals surface area (Å²) in [5, 5.41) is 4.18. The van der Waals surface area contributed by atoms with Crippen LogP contribution in [0.1, 0.15) is 17.2 Å². The van der Waals surface area contributed by atoms with E-state index in [0.29, 0.717) is 0 Å². The number of thiophene rings is 1. The third-order valence-electron chi connectivity index (χ3n) is 2.25. The average molecular weight is 330 g/mol. The van der Waals surface area contributed by atoms with Crippen LogP contribution in [0, 0.1) is 3.57 Å². The van der Waals surface area contributed by atoms with Crippen LogP contribution in [0.3, 0.4) is 0 Å². The van der Waals surface area contributed by atoms with Crippen LogP contribution in [0.25, 0.3) is 0 Å². The van der Waals surface area contributed by atoms with Gasteiger partial charge in [-0.15, -0.1) is 0 Å². The fraction of sp³-hybridized carbons (Fsp3) is 0.0909. The van der Waals surface area contributed by atoms with Crippen molar-refractivity contribution in [3.63, 3.8) is 0 Å². The highest BCUT2D eigenvalue weighted by molar-refractivity contribution is 14.1. The van der Waals surface area contributed by atoms with Crippen molar-refractivity contribution in [3.8, 4) is 0 Å². The molecule has 0 saturated carbocycles. The minimum Gasteiger partial charge on any atom is -0.271 e. The number of benzene rings is 1. The molecule has 0 bridgehead atoms. The summed E-state index contributed by atoms with van der Waals surface area (Å²) >= 11 is 3.98. The van der Waals surface area contributed by atoms with E-state index in [0.717, 1.165) is 0 Å². The molecule has 2 nitrogen and oxygen atoms in total. The largest absolute Gasteiger partial charge is 0.271 e. The smallest absolute Gasteiger partial charge is 0.0718 e. The average Bonchev–Trinajstić information content (AvgIpc) is 2.75. The van der Waals surface area contributed by atoms with Crippen LogP contribution in [0.15, 0.2) is 41.1 Å². The molecule has 0 radical (unpaired) electrons. The first-order valence-corrected chi connectivity index (χ1v) is 6.57. The zero-order chi connectivity index (χ0) is 10.7. The molecule has 3 N–H and O–H groups in total. The zero-order valence-corrected chi connectivity index (χ0v) is 11.0. The highest BCUT2D eigenvalue weighted by Crippen LogP contribution is 2.23. The van der Waals surface area contributed by atoms with Crippen molar-refractivity contribution >= 4 is 33.9 Å². The second-order valence-corrected chi connectivity index (χ2v) is 5.23. The van der Waals surface area contributed by atoms with Crippen molar-refractivity contribution in [1.82, 2.24) is 5.43 Å². The molecule has 15 heavy (non-hydrogen) atoms. The summed E-state index contributed by atoms with van der Waals surface area (Å²) in [6.45, 7) is 0. The van der Waals surface area contributed by atoms with E-state index >= 15 is 0 Å². The standard InChI is InChI=1S/C11H11IN2S/c12-10-3-1-8(2-4-10)11(14-13)9-5-6-15-7-9/h1-7,11,14H,13H2. The number of hydrogen-bond acceptors (Lipinski definition) is 3. The van der Waals surface area contributed by atoms with Gasteiger partial charge in [0.25, 0.3) is 0 Å². The Morgan fingerprint density at radius 1 is 1.13 bits per heavy atom. The van der Waals surface area contributed by atoms with E-state index < -0.39 is 0 Å². The molecule has 0 saturated heterocycles. The third kappa shape index (κ3) is 2.57. The SMILES string of the molecule is NNC(c1ccc(I)cc1)c1ccsc1. The van der Waals surface area contributed by atoms with Gasteiger partial charge in [0, 0.05) is 3.57 Å². The molecule has 1 atom stereocenters. The van der Waals surface area contributed by atoms with Gasteiger partial charge in [-0.05, 0) is 62.7 Å². The van der Waals surface area contributed by atoms with Crippen molar-refractivity contribution in [2.45, 2.75) is 6.04 Å². The number of rotatable bonds is 3. The van der Waals surface area contributed by atoms with Gasteiger partial charge in [-0.25, -0.2) is 5.43 Å². The molecule has 0 amide bonds. The maximum Gasteiger partial charge on any atom is 0.0718 e. The van der Waals surface area contributed by atoms with Crippen LogP contribution in [-0.4, -0.2) is 0 Å². The Morgan fingerprint density at radius 2 is 1.87 bits per heavy atom. The first kappa shape index (κ1) is 11.1. The minimum absolute atomic E-state index is 0.0910. The van der Waals surface area contributed by atoms with Gasteiger partial charge in [-0.2, -0.15) is 11.3 Å². The van der Waals surface area contributed by atoms with Crippen LogP contribution in [0.4, 0.5) is 0 Å². The second kappa shape index (κ2) is 5.07. The molecule has 0 aliphatic rings. The third-order valence-corrected chi connectivity index (χ3v) is 3.67. The first-order valence-electron chi connectivity index (χ1n) is 4.55. The van der Waals surface area contributed by atoms with Gasteiger partial charge in [0.15, 0.2) is 0 Å². The summed E-state index contributed by atoms with van der Waals surface area (Å²) in [6.07, 6.45) is 0. The van der Waals surface area contributed by atoms with Crippen LogP contribution in [0.2, 0.25) is 0 Å². The summed E-state index contributed by atoms with van der Waals surface area (Å²) in [5.74, 6) is 5.59. The number of hydrazine groups is 1. The highest BCUT2D eigenvalue weighted by Gasteiger charge is 2.11. The molecule has 1 aromatic carbocycles. The lowest BCUT2D eigenvalue weighted by atomic mass is 10.0. The Bertz CT molecular complexity index is 411. The zero-order valence-electron chi connectivity index (χ0n) is 7.98. The molecule has 1 aromatic heterocycles. The summed E-state index contributed by atoms with van der Waals surface area (Å²) < 4.78 is 1.23. The molecule has 0 spiro atoms. The molecule has 0 aliphatic carbocycles. The van der Waals surface area contributed by atoms with Crippen LogP contribution >= 0.6 is 33.9 Å². The van der Waals surface area contributed by atoms with Crippen LogP contribution in [0.5, 0.6) is 0 Å². The van der Waals surface area contributed by atoms with Crippen molar-refractivity contribution in [3.05, 3.63) is 55.8 Å². The van der Waals surface area contributed by atoms with Gasteiger partial charge in [0.2, 0.25) is 0 Å². The summed E-state index contributed by atoms with van der Waals surface area (Å²) in [7, 11) is 0. The minimum atomic E-state index is 0.0910. The van der Waals surface area contributed by atoms with Crippen molar-refractivity contribution < 1.29 is 0 Å². The van der Waals surface area contributed by atoms with E-state index in [4.69, 9.17) is 5.84 Å². The molecular formula is C11H11IN2S. The lowest BCUT2D eigenvalue weighted by Gasteiger charge is -2.14. The number of nitrogens with two attached hydrogens (primary N) is 1. The molecule has 1 heterocycles. The first-order chi connectivity index (χ1) is 7.31. The fourth-order valence-corrected chi connectivity index (χ4v) is 2.53. The van der Waals surface area contributed by atoms with Gasteiger partial charge in [-0.3, -0.25) is 5.84 Å². The molecule has 4 heteroatoms. The van der Waals surface area contributed by atoms with E-state index in [1.54, 1.807) is 11.3 Å². The predicted molar refractivity (Wildman–Crippen MR) is 72.6 cm³/mol. The van der Waals surface area contributed by atoms with E-state index in [9.17, 15) is 0 Å². The Labute approximate surface area is 107 Å². The number of halogens is 1. The van der Waals surface area contributed by atoms with E-state index in [1.165, 1.54) is 14.7 Å². The maximum atomic E-state index is 5.59. The summed E-state index contributed by atoms with van der Waals surface area (Å²) in [4.78, 5) is 0. The fourth-order valence-electron chi connectivity index (χ4n) is 1.48. The highest BCUT2D eigenvalue weighted by atomic mass is 127. The van der Waals surface area contributed by atoms with Crippen molar-refractivity contribution in [2.75, 3.05) is 0 Å². The van der Waals surface area contributed by atoms with E-state index in [-0.39, 0.29) is 6.04 Å². The van der Waals surface area contributed by atoms with Gasteiger partial charge in [0.1, 0.15) is 0 Å². The summed E-state index contributed by atoms with van der Waals surface area (Å²) in [6, 6.07) is 10.6. The molecule has 78 valence electrons. The molecule has 2 rings (SSSR count). The maximum absolute atomic E-state index is 5.59. The molecule has 0 aliphatic heterocycles. The van der Waals surface area contributed by atoms with Crippen molar-refractivity contribution in [1.29, 1.82) is 0 Å². The summed E-state index contributed by atoms with van der Waals surface area (Å²) in [5.41, 5.74) is 5.25. The van der Waals surface area contributed by atoms with Crippen molar-refractivity contribution in [2.24, 2.45) is 5.84 Å². The molecule has 2 aromatic rings. The topological polar surface area (TPSA) is 38.0 Å². The van der Waals surface area contributed by atoms with E-state index in [2.05, 4.69) is 69.1 Å². The Kier molecular flexibility index (Phi) is 3.74.